The Morgan fingerprint density at radius 1 is 1.07 bits per heavy atom. The number of nitrogens with zero attached hydrogens (tertiary/aromatic N) is 2. The summed E-state index contributed by atoms with van der Waals surface area (Å²) >= 11 is 5.84. The highest BCUT2D eigenvalue weighted by Gasteiger charge is 2.32. The van der Waals surface area contributed by atoms with Crippen molar-refractivity contribution in [3.05, 3.63) is 29.3 Å². The van der Waals surface area contributed by atoms with E-state index in [2.05, 4.69) is 17.3 Å². The van der Waals surface area contributed by atoms with E-state index < -0.39 is 10.0 Å². The molecule has 0 bridgehead atoms. The molecule has 2 heterocycles. The van der Waals surface area contributed by atoms with Gasteiger partial charge in [-0.15, -0.1) is 0 Å². The molecule has 1 N–H and O–H groups in total. The van der Waals surface area contributed by atoms with Crippen LogP contribution in [-0.4, -0.2) is 63.3 Å². The third kappa shape index (κ3) is 5.47. The monoisotopic (exact) mass is 427 g/mol. The number of hydrogen-bond acceptors (Lipinski definition) is 4. The molecule has 0 unspecified atom stereocenters. The molecule has 6 nitrogen and oxygen atoms in total. The summed E-state index contributed by atoms with van der Waals surface area (Å²) < 4.78 is 26.9. The molecule has 1 aromatic rings. The molecular formula is C20H30ClN3O3S. The molecule has 8 heteroatoms. The first-order valence-corrected chi connectivity index (χ1v) is 11.9. The van der Waals surface area contributed by atoms with Gasteiger partial charge < -0.3 is 10.2 Å². The smallest absolute Gasteiger partial charge is 0.243 e. The van der Waals surface area contributed by atoms with Crippen LogP contribution in [0.4, 0.5) is 0 Å². The van der Waals surface area contributed by atoms with Gasteiger partial charge in [0, 0.05) is 30.6 Å². The molecule has 0 aliphatic carbocycles. The molecule has 2 aliphatic heterocycles. The van der Waals surface area contributed by atoms with Crippen LogP contribution in [0.15, 0.2) is 29.2 Å². The number of halogens is 1. The number of rotatable bonds is 6. The third-order valence-corrected chi connectivity index (χ3v) is 8.13. The number of benzene rings is 1. The van der Waals surface area contributed by atoms with E-state index in [-0.39, 0.29) is 16.7 Å². The Balaban J connectivity index is 1.43. The van der Waals surface area contributed by atoms with Gasteiger partial charge in [0.15, 0.2) is 0 Å². The highest BCUT2D eigenvalue weighted by atomic mass is 35.5. The first kappa shape index (κ1) is 21.6. The van der Waals surface area contributed by atoms with Crippen molar-refractivity contribution in [2.45, 2.75) is 37.0 Å². The lowest BCUT2D eigenvalue weighted by molar-refractivity contribution is -0.126. The SMILES string of the molecule is CN1CCC(CCNC(=O)C2CCN(S(=O)(=O)c3ccc(Cl)cc3)CC2)CC1. The third-order valence-electron chi connectivity index (χ3n) is 5.97. The molecule has 0 atom stereocenters. The molecule has 28 heavy (non-hydrogen) atoms. The van der Waals surface area contributed by atoms with Crippen molar-refractivity contribution in [1.29, 1.82) is 0 Å². The second-order valence-electron chi connectivity index (χ2n) is 7.96. The minimum Gasteiger partial charge on any atom is -0.356 e. The number of carbonyl (C=O) groups excluding carboxylic acids is 1. The van der Waals surface area contributed by atoms with Gasteiger partial charge in [-0.25, -0.2) is 8.42 Å². The zero-order chi connectivity index (χ0) is 20.1. The van der Waals surface area contributed by atoms with Crippen LogP contribution in [0.2, 0.25) is 5.02 Å². The molecule has 0 aromatic heterocycles. The van der Waals surface area contributed by atoms with Crippen LogP contribution in [0.1, 0.15) is 32.1 Å². The van der Waals surface area contributed by atoms with Crippen LogP contribution in [-0.2, 0) is 14.8 Å². The lowest BCUT2D eigenvalue weighted by atomic mass is 9.93. The van der Waals surface area contributed by atoms with E-state index in [1.807, 2.05) is 0 Å². The van der Waals surface area contributed by atoms with Crippen LogP contribution in [0, 0.1) is 11.8 Å². The van der Waals surface area contributed by atoms with Gasteiger partial charge in [0.05, 0.1) is 4.90 Å². The van der Waals surface area contributed by atoms with Gasteiger partial charge in [-0.05, 0) is 82.4 Å². The number of amides is 1. The van der Waals surface area contributed by atoms with Gasteiger partial charge in [-0.2, -0.15) is 4.31 Å². The van der Waals surface area contributed by atoms with Crippen molar-refractivity contribution in [1.82, 2.24) is 14.5 Å². The predicted octanol–water partition coefficient (Wildman–Crippen LogP) is 2.59. The number of hydrogen-bond donors (Lipinski definition) is 1. The minimum atomic E-state index is -3.52. The normalized spacial score (nSPS) is 20.9. The van der Waals surface area contributed by atoms with E-state index in [1.165, 1.54) is 29.3 Å². The number of piperidine rings is 2. The fraction of sp³-hybridized carbons (Fsp3) is 0.650. The van der Waals surface area contributed by atoms with Crippen molar-refractivity contribution in [2.24, 2.45) is 11.8 Å². The van der Waals surface area contributed by atoms with E-state index in [0.29, 0.717) is 36.9 Å². The first-order valence-electron chi connectivity index (χ1n) is 10.1. The summed E-state index contributed by atoms with van der Waals surface area (Å²) in [7, 11) is -1.37. The van der Waals surface area contributed by atoms with Crippen molar-refractivity contribution in [3.63, 3.8) is 0 Å². The first-order chi connectivity index (χ1) is 13.4. The Hall–Kier alpha value is -1.15. The maximum absolute atomic E-state index is 12.7. The van der Waals surface area contributed by atoms with Gasteiger partial charge in [-0.1, -0.05) is 11.6 Å². The van der Waals surface area contributed by atoms with E-state index in [9.17, 15) is 13.2 Å². The molecule has 156 valence electrons. The predicted molar refractivity (Wildman–Crippen MR) is 111 cm³/mol. The van der Waals surface area contributed by atoms with Crippen molar-refractivity contribution in [3.8, 4) is 0 Å². The molecule has 0 spiro atoms. The molecule has 1 aromatic carbocycles. The second kappa shape index (κ2) is 9.57. The van der Waals surface area contributed by atoms with E-state index >= 15 is 0 Å². The summed E-state index contributed by atoms with van der Waals surface area (Å²) in [5, 5.41) is 3.58. The van der Waals surface area contributed by atoms with Gasteiger partial charge in [-0.3, -0.25) is 4.79 Å². The van der Waals surface area contributed by atoms with Gasteiger partial charge >= 0.3 is 0 Å². The molecular weight excluding hydrogens is 398 g/mol. The highest BCUT2D eigenvalue weighted by Crippen LogP contribution is 2.25. The van der Waals surface area contributed by atoms with E-state index in [4.69, 9.17) is 11.6 Å². The molecule has 2 aliphatic rings. The molecule has 2 saturated heterocycles. The summed E-state index contributed by atoms with van der Waals surface area (Å²) in [6.45, 7) is 3.74. The van der Waals surface area contributed by atoms with Gasteiger partial charge in [0.1, 0.15) is 0 Å². The van der Waals surface area contributed by atoms with Crippen LogP contribution in [0.3, 0.4) is 0 Å². The average Bonchev–Trinajstić information content (AvgIpc) is 2.70. The maximum Gasteiger partial charge on any atom is 0.243 e. The summed E-state index contributed by atoms with van der Waals surface area (Å²) in [6.07, 6.45) is 4.56. The molecule has 0 saturated carbocycles. The fourth-order valence-electron chi connectivity index (χ4n) is 4.01. The molecule has 2 fully saturated rings. The van der Waals surface area contributed by atoms with Crippen molar-refractivity contribution < 1.29 is 13.2 Å². The number of likely N-dealkylation sites (tertiary alicyclic amines) is 1. The minimum absolute atomic E-state index is 0.0662. The van der Waals surface area contributed by atoms with Crippen LogP contribution in [0.5, 0.6) is 0 Å². The quantitative estimate of drug-likeness (QED) is 0.757. The lowest BCUT2D eigenvalue weighted by Crippen LogP contribution is -2.43. The maximum atomic E-state index is 12.7. The van der Waals surface area contributed by atoms with E-state index in [0.717, 1.165) is 26.1 Å². The largest absolute Gasteiger partial charge is 0.356 e. The molecule has 0 radical (unpaired) electrons. The van der Waals surface area contributed by atoms with Gasteiger partial charge in [0.2, 0.25) is 15.9 Å². The summed E-state index contributed by atoms with van der Waals surface area (Å²) in [5.41, 5.74) is 0. The van der Waals surface area contributed by atoms with Gasteiger partial charge in [0.25, 0.3) is 0 Å². The zero-order valence-corrected chi connectivity index (χ0v) is 18.0. The number of nitrogens with one attached hydrogen (secondary N) is 1. The number of carbonyl (C=O) groups is 1. The van der Waals surface area contributed by atoms with E-state index in [1.54, 1.807) is 12.1 Å². The topological polar surface area (TPSA) is 69.7 Å². The Labute approximate surface area is 173 Å². The summed E-state index contributed by atoms with van der Waals surface area (Å²) in [6, 6.07) is 6.22. The average molecular weight is 428 g/mol. The summed E-state index contributed by atoms with van der Waals surface area (Å²) in [5.74, 6) is 0.661. The Kier molecular flexibility index (Phi) is 7.36. The Bertz CT molecular complexity index is 753. The van der Waals surface area contributed by atoms with Crippen molar-refractivity contribution >= 4 is 27.5 Å². The van der Waals surface area contributed by atoms with Crippen LogP contribution < -0.4 is 5.32 Å². The Morgan fingerprint density at radius 2 is 1.68 bits per heavy atom. The Morgan fingerprint density at radius 3 is 2.29 bits per heavy atom. The number of sulfonamides is 1. The molecule has 1 amide bonds. The second-order valence-corrected chi connectivity index (χ2v) is 10.3. The summed E-state index contributed by atoms with van der Waals surface area (Å²) in [4.78, 5) is 15.0. The highest BCUT2D eigenvalue weighted by molar-refractivity contribution is 7.89. The van der Waals surface area contributed by atoms with Crippen molar-refractivity contribution in [2.75, 3.05) is 39.8 Å². The zero-order valence-electron chi connectivity index (χ0n) is 16.4. The van der Waals surface area contributed by atoms with Crippen LogP contribution >= 0.6 is 11.6 Å². The lowest BCUT2D eigenvalue weighted by Gasteiger charge is -2.31. The van der Waals surface area contributed by atoms with Crippen LogP contribution in [0.25, 0.3) is 0 Å². The molecule has 3 rings (SSSR count). The fourth-order valence-corrected chi connectivity index (χ4v) is 5.60. The standard InChI is InChI=1S/C20H30ClN3O3S/c1-23-12-7-16(8-13-23)6-11-22-20(25)17-9-14-24(15-10-17)28(26,27)19-4-2-18(21)3-5-19/h2-5,16-17H,6-15H2,1H3,(H,22,25).